The van der Waals surface area contributed by atoms with Gasteiger partial charge in [0.15, 0.2) is 0 Å². The highest BCUT2D eigenvalue weighted by Gasteiger charge is 2.14. The van der Waals surface area contributed by atoms with Gasteiger partial charge in [0.25, 0.3) is 0 Å². The van der Waals surface area contributed by atoms with Crippen LogP contribution in [0.15, 0.2) is 51.4 Å². The van der Waals surface area contributed by atoms with Crippen LogP contribution >= 0.6 is 15.9 Å². The van der Waals surface area contributed by atoms with Crippen LogP contribution < -0.4 is 9.64 Å². The predicted octanol–water partition coefficient (Wildman–Crippen LogP) is 3.84. The van der Waals surface area contributed by atoms with Gasteiger partial charge in [0.2, 0.25) is 5.89 Å². The van der Waals surface area contributed by atoms with Crippen molar-refractivity contribution in [1.82, 2.24) is 10.2 Å². The summed E-state index contributed by atoms with van der Waals surface area (Å²) in [4.78, 5) is 12.7. The minimum atomic E-state index is -0.948. The molecule has 134 valence electrons. The number of carbonyl (C=O) groups is 1. The summed E-state index contributed by atoms with van der Waals surface area (Å²) in [6.07, 6.45) is 0. The van der Waals surface area contributed by atoms with E-state index in [1.807, 2.05) is 25.2 Å². The molecule has 0 aliphatic heterocycles. The molecule has 7 nitrogen and oxygen atoms in total. The lowest BCUT2D eigenvalue weighted by molar-refractivity contribution is 0.0697. The molecule has 1 heterocycles. The lowest BCUT2D eigenvalue weighted by atomic mass is 10.1. The molecule has 0 saturated heterocycles. The molecule has 0 fully saturated rings. The molecular weight excluding hydrogens is 402 g/mol. The van der Waals surface area contributed by atoms with E-state index in [-0.39, 0.29) is 5.56 Å². The van der Waals surface area contributed by atoms with E-state index in [0.29, 0.717) is 24.2 Å². The highest BCUT2D eigenvalue weighted by atomic mass is 79.9. The van der Waals surface area contributed by atoms with Crippen molar-refractivity contribution < 1.29 is 19.1 Å². The number of benzene rings is 2. The van der Waals surface area contributed by atoms with Crippen LogP contribution in [0.3, 0.4) is 0 Å². The summed E-state index contributed by atoms with van der Waals surface area (Å²) >= 11 is 3.41. The number of hydrogen-bond acceptors (Lipinski definition) is 6. The van der Waals surface area contributed by atoms with E-state index < -0.39 is 5.97 Å². The minimum Gasteiger partial charge on any atom is -0.496 e. The van der Waals surface area contributed by atoms with Gasteiger partial charge >= 0.3 is 12.0 Å². The van der Waals surface area contributed by atoms with Crippen molar-refractivity contribution in [3.8, 4) is 17.2 Å². The Labute approximate surface area is 158 Å². The third kappa shape index (κ3) is 3.85. The van der Waals surface area contributed by atoms with Crippen molar-refractivity contribution in [3.05, 3.63) is 58.1 Å². The Morgan fingerprint density at radius 1 is 1.23 bits per heavy atom. The quantitative estimate of drug-likeness (QED) is 0.651. The maximum absolute atomic E-state index is 10.9. The first-order chi connectivity index (χ1) is 12.5. The van der Waals surface area contributed by atoms with E-state index in [4.69, 9.17) is 14.3 Å². The molecule has 0 amide bonds. The molecule has 8 heteroatoms. The number of rotatable bonds is 6. The Hall–Kier alpha value is -2.87. The topological polar surface area (TPSA) is 88.7 Å². The van der Waals surface area contributed by atoms with Crippen LogP contribution in [-0.4, -0.2) is 35.4 Å². The number of halogens is 1. The maximum atomic E-state index is 10.9. The van der Waals surface area contributed by atoms with Crippen LogP contribution in [0, 0.1) is 0 Å². The molecule has 1 aromatic heterocycles. The number of carboxylic acids is 1. The monoisotopic (exact) mass is 417 g/mol. The second kappa shape index (κ2) is 7.57. The maximum Gasteiger partial charge on any atom is 0.335 e. The summed E-state index contributed by atoms with van der Waals surface area (Å²) in [6.45, 7) is 0.505. The van der Waals surface area contributed by atoms with Gasteiger partial charge < -0.3 is 19.2 Å². The number of aromatic carboxylic acids is 1. The molecule has 2 aromatic carbocycles. The van der Waals surface area contributed by atoms with Crippen molar-refractivity contribution in [2.75, 3.05) is 19.1 Å². The third-order valence-corrected chi connectivity index (χ3v) is 4.41. The predicted molar refractivity (Wildman–Crippen MR) is 99.5 cm³/mol. The first-order valence-corrected chi connectivity index (χ1v) is 8.48. The van der Waals surface area contributed by atoms with Gasteiger partial charge in [0.05, 0.1) is 17.1 Å². The molecule has 0 bridgehead atoms. The molecule has 0 aliphatic rings. The Kier molecular flexibility index (Phi) is 5.22. The zero-order valence-electron chi connectivity index (χ0n) is 14.1. The van der Waals surface area contributed by atoms with Gasteiger partial charge in [0, 0.05) is 19.2 Å². The number of ether oxygens (including phenoxy) is 1. The Morgan fingerprint density at radius 3 is 2.62 bits per heavy atom. The van der Waals surface area contributed by atoms with Gasteiger partial charge in [-0.25, -0.2) is 4.79 Å². The molecular formula is C18H16BrN3O4. The molecule has 3 rings (SSSR count). The highest BCUT2D eigenvalue weighted by molar-refractivity contribution is 9.10. The Bertz CT molecular complexity index is 924. The van der Waals surface area contributed by atoms with E-state index in [0.717, 1.165) is 15.6 Å². The van der Waals surface area contributed by atoms with Gasteiger partial charge in [-0.05, 0) is 51.8 Å². The number of aromatic nitrogens is 2. The molecule has 0 aliphatic carbocycles. The largest absolute Gasteiger partial charge is 0.496 e. The lowest BCUT2D eigenvalue weighted by Crippen LogP contribution is -2.16. The Morgan fingerprint density at radius 2 is 1.96 bits per heavy atom. The van der Waals surface area contributed by atoms with Crippen LogP contribution in [0.4, 0.5) is 6.01 Å². The number of nitrogens with zero attached hydrogens (tertiary/aromatic N) is 3. The van der Waals surface area contributed by atoms with Gasteiger partial charge in [-0.15, -0.1) is 5.10 Å². The lowest BCUT2D eigenvalue weighted by Gasteiger charge is -2.13. The first-order valence-electron chi connectivity index (χ1n) is 7.68. The summed E-state index contributed by atoms with van der Waals surface area (Å²) in [5.41, 5.74) is 1.94. The summed E-state index contributed by atoms with van der Waals surface area (Å²) < 4.78 is 11.9. The van der Waals surface area contributed by atoms with E-state index in [1.54, 1.807) is 36.3 Å². The highest BCUT2D eigenvalue weighted by Crippen LogP contribution is 2.31. The smallest absolute Gasteiger partial charge is 0.335 e. The van der Waals surface area contributed by atoms with Gasteiger partial charge in [-0.3, -0.25) is 0 Å². The van der Waals surface area contributed by atoms with Crippen LogP contribution in [-0.2, 0) is 6.54 Å². The molecule has 1 N–H and O–H groups in total. The normalized spacial score (nSPS) is 10.6. The molecule has 26 heavy (non-hydrogen) atoms. The fraction of sp³-hybridized carbons (Fsp3) is 0.167. The van der Waals surface area contributed by atoms with E-state index in [1.165, 1.54) is 0 Å². The molecule has 0 spiro atoms. The zero-order valence-corrected chi connectivity index (χ0v) is 15.7. The second-order valence-corrected chi connectivity index (χ2v) is 6.45. The first kappa shape index (κ1) is 17.9. The average Bonchev–Trinajstić information content (AvgIpc) is 3.13. The number of methoxy groups -OCH3 is 1. The van der Waals surface area contributed by atoms with Crippen LogP contribution in [0.25, 0.3) is 11.5 Å². The van der Waals surface area contributed by atoms with Gasteiger partial charge in [-0.2, -0.15) is 0 Å². The minimum absolute atomic E-state index is 0.251. The van der Waals surface area contributed by atoms with E-state index in [9.17, 15) is 4.79 Å². The fourth-order valence-corrected chi connectivity index (χ4v) is 2.78. The zero-order chi connectivity index (χ0) is 18.7. The third-order valence-electron chi connectivity index (χ3n) is 3.76. The molecule has 0 saturated carbocycles. The van der Waals surface area contributed by atoms with Crippen LogP contribution in [0.5, 0.6) is 5.75 Å². The van der Waals surface area contributed by atoms with Crippen molar-refractivity contribution in [1.29, 1.82) is 0 Å². The second-order valence-electron chi connectivity index (χ2n) is 5.60. The van der Waals surface area contributed by atoms with Crippen molar-refractivity contribution >= 4 is 27.9 Å². The standard InChI is InChI=1S/C18H16BrN3O4/c1-22(10-11-3-5-12(6-4-11)17(23)24)18-21-20-16(26-18)13-7-8-14(19)15(9-13)25-2/h3-9H,10H2,1-2H3,(H,23,24). The Balaban J connectivity index is 1.75. The van der Waals surface area contributed by atoms with Gasteiger partial charge in [-0.1, -0.05) is 17.2 Å². The summed E-state index contributed by atoms with van der Waals surface area (Å²) in [5.74, 6) is 0.115. The summed E-state index contributed by atoms with van der Waals surface area (Å²) in [6, 6.07) is 12.5. The summed E-state index contributed by atoms with van der Waals surface area (Å²) in [7, 11) is 3.41. The molecule has 0 unspecified atom stereocenters. The van der Waals surface area contributed by atoms with Crippen molar-refractivity contribution in [2.45, 2.75) is 6.54 Å². The molecule has 3 aromatic rings. The van der Waals surface area contributed by atoms with Crippen LogP contribution in [0.2, 0.25) is 0 Å². The number of anilines is 1. The van der Waals surface area contributed by atoms with E-state index >= 15 is 0 Å². The van der Waals surface area contributed by atoms with Gasteiger partial charge in [0.1, 0.15) is 5.75 Å². The number of hydrogen-bond donors (Lipinski definition) is 1. The van der Waals surface area contributed by atoms with Crippen molar-refractivity contribution in [3.63, 3.8) is 0 Å². The molecule has 0 atom stereocenters. The fourth-order valence-electron chi connectivity index (χ4n) is 2.37. The van der Waals surface area contributed by atoms with Crippen LogP contribution in [0.1, 0.15) is 15.9 Å². The van der Waals surface area contributed by atoms with Crippen molar-refractivity contribution in [2.24, 2.45) is 0 Å². The SMILES string of the molecule is COc1cc(-c2nnc(N(C)Cc3ccc(C(=O)O)cc3)o2)ccc1Br. The molecule has 0 radical (unpaired) electrons. The average molecular weight is 418 g/mol. The van der Waals surface area contributed by atoms with E-state index in [2.05, 4.69) is 26.1 Å². The number of carboxylic acid groups (broad SMARTS) is 1. The summed E-state index contributed by atoms with van der Waals surface area (Å²) in [5, 5.41) is 17.1.